The number of carbonyl (C=O) groups excluding carboxylic acids is 1. The third-order valence-electron chi connectivity index (χ3n) is 18.4. The number of nitrogen functional groups attached to an aromatic ring is 2. The van der Waals surface area contributed by atoms with Crippen LogP contribution in [-0.2, 0) is 59.3 Å². The Morgan fingerprint density at radius 2 is 0.928 bits per heavy atom. The summed E-state index contributed by atoms with van der Waals surface area (Å²) in [7, 11) is 6.21. The number of benzene rings is 9. The average Bonchev–Trinajstić information content (AvgIpc) is 1.65. The van der Waals surface area contributed by atoms with Gasteiger partial charge in [0.15, 0.2) is 0 Å². The third-order valence-corrected chi connectivity index (χ3v) is 20.4. The molecule has 5 heterocycles. The summed E-state index contributed by atoms with van der Waals surface area (Å²) in [5.74, 6) is 4.94. The molecule has 0 aliphatic carbocycles. The first-order valence-electron chi connectivity index (χ1n) is 34.9. The Bertz CT molecular complexity index is 5200. The van der Waals surface area contributed by atoms with Gasteiger partial charge in [-0.25, -0.2) is 24.7 Å². The SMILES string of the molecule is COc1ccc(CCc2cc(Br)ccc2N)cc1.COc1ccc(CCc2cc(Br)ccc2[N+](=O)[O-])cc1.COc1ccc(CN2C(=O)Cc3ccc(Br)cc32)cc1.COc1ccc(Cn2c(=O)[nH]c3ccc(-c4cnc(C)nc4)cc32)cc1.Cc1ncc(B2OC(C)(C)C(C)(C)O2)cn1.Nc1cc(Br)ccc1[N+](=O)[O-]. The van der Waals surface area contributed by atoms with E-state index >= 15 is 0 Å². The number of carbonyl (C=O) groups is 1. The first-order valence-corrected chi connectivity index (χ1v) is 38.1. The Hall–Kier alpha value is -10.6. The first-order chi connectivity index (χ1) is 53.0. The molecular formula is C83H84BBr4N11O12. The molecule has 3 aromatic heterocycles. The summed E-state index contributed by atoms with van der Waals surface area (Å²) in [6, 6.07) is 58.7. The quantitative estimate of drug-likeness (QED) is 0.0311. The van der Waals surface area contributed by atoms with Gasteiger partial charge in [0.25, 0.3) is 11.4 Å². The minimum atomic E-state index is -0.512. The zero-order valence-corrected chi connectivity index (χ0v) is 69.2. The number of amides is 1. The summed E-state index contributed by atoms with van der Waals surface area (Å²) in [6.45, 7) is 12.9. The number of ether oxygens (including phenoxy) is 4. The Morgan fingerprint density at radius 3 is 1.42 bits per heavy atom. The molecular weight excluding hydrogens is 1670 g/mol. The zero-order valence-electron chi connectivity index (χ0n) is 62.9. The number of aryl methyl sites for hydroxylation is 6. The van der Waals surface area contributed by atoms with Crippen molar-refractivity contribution in [2.24, 2.45) is 0 Å². The number of hydrogen-bond acceptors (Lipinski definition) is 18. The van der Waals surface area contributed by atoms with Crippen LogP contribution in [0.15, 0.2) is 236 Å². The number of H-pyrrole nitrogens is 1. The summed E-state index contributed by atoms with van der Waals surface area (Å²) >= 11 is 13.4. The molecule has 1 fully saturated rings. The number of fused-ring (bicyclic) bond motifs is 2. The Morgan fingerprint density at radius 1 is 0.495 bits per heavy atom. The average molecular weight is 1760 g/mol. The fourth-order valence-electron chi connectivity index (χ4n) is 11.4. The molecule has 9 aromatic carbocycles. The van der Waals surface area contributed by atoms with E-state index in [0.717, 1.165) is 139 Å². The van der Waals surface area contributed by atoms with E-state index in [9.17, 15) is 29.8 Å². The van der Waals surface area contributed by atoms with E-state index in [-0.39, 0.29) is 51.9 Å². The van der Waals surface area contributed by atoms with E-state index in [1.807, 2.05) is 186 Å². The minimum absolute atomic E-state index is 0.0619. The van der Waals surface area contributed by atoms with Crippen LogP contribution in [0.25, 0.3) is 22.2 Å². The highest BCUT2D eigenvalue weighted by molar-refractivity contribution is 9.11. The number of nitro benzene ring substituents is 2. The Balaban J connectivity index is 0.000000156. The van der Waals surface area contributed by atoms with Gasteiger partial charge in [0.05, 0.1) is 80.0 Å². The van der Waals surface area contributed by atoms with Gasteiger partial charge in [-0.15, -0.1) is 0 Å². The van der Waals surface area contributed by atoms with Crippen LogP contribution in [0.4, 0.5) is 28.4 Å². The van der Waals surface area contributed by atoms with Gasteiger partial charge in [0.2, 0.25) is 5.91 Å². The molecule has 0 bridgehead atoms. The molecule has 12 aromatic rings. The summed E-state index contributed by atoms with van der Waals surface area (Å²) in [4.78, 5) is 66.5. The van der Waals surface area contributed by atoms with Crippen LogP contribution in [0.5, 0.6) is 23.0 Å². The highest BCUT2D eigenvalue weighted by Gasteiger charge is 2.52. The van der Waals surface area contributed by atoms with Crippen molar-refractivity contribution in [1.29, 1.82) is 0 Å². The second kappa shape index (κ2) is 39.3. The monoisotopic (exact) mass is 1750 g/mol. The number of nitrogens with two attached hydrogens (primary N) is 2. The summed E-state index contributed by atoms with van der Waals surface area (Å²) in [5, 5.41) is 21.2. The molecule has 1 saturated heterocycles. The second-order valence-corrected chi connectivity index (χ2v) is 30.2. The molecule has 0 spiro atoms. The molecule has 111 heavy (non-hydrogen) atoms. The standard InChI is InChI=1S/C20H18N4O2.C16H14BrNO2.C15H14BrNO3.C15H16BrNO.C11H17BN2O2.C6H5BrN2O2/c1-13-21-10-16(11-22-13)15-5-8-18-19(9-15)24(20(25)23-18)12-14-3-6-17(26-2)7-4-14;1-20-14-6-2-11(3-7-14)10-18-15-9-13(17)5-4-12(15)8-16(18)19;1-20-14-7-3-11(4-8-14)2-5-12-10-13(16)6-9-15(12)17(18)19;1-18-14-7-3-11(4-8-14)2-5-12-10-13(16)6-9-15(12)17;1-8-13-6-9(7-14-8)12-15-10(2,3)11(4,5)16-12;7-4-1-2-6(9(10)11)5(8)3-4/h3-11H,12H2,1-2H3,(H,23,25);2-7,9H,8,10H2,1H3;3-4,6-10H,2,5H2,1H3;3-4,6-10H,2,5,17H2,1H3;6-7H,1-5H3;1-3H,8H2. The maximum atomic E-state index is 12.4. The predicted molar refractivity (Wildman–Crippen MR) is 450 cm³/mol. The van der Waals surface area contributed by atoms with E-state index in [1.54, 1.807) is 69.9 Å². The lowest BCUT2D eigenvalue weighted by molar-refractivity contribution is -0.385. The number of nitrogens with zero attached hydrogens (tertiary/aromatic N) is 8. The molecule has 0 atom stereocenters. The number of rotatable bonds is 18. The molecule has 2 aliphatic heterocycles. The maximum absolute atomic E-state index is 12.4. The summed E-state index contributed by atoms with van der Waals surface area (Å²) < 4.78 is 37.7. The fraction of sp³-hybridized carbons (Fsp3) is 0.229. The van der Waals surface area contributed by atoms with Crippen LogP contribution in [0, 0.1) is 34.1 Å². The molecule has 14 rings (SSSR count). The lowest BCUT2D eigenvalue weighted by Gasteiger charge is -2.32. The van der Waals surface area contributed by atoms with E-state index < -0.39 is 4.92 Å². The molecule has 23 nitrogen and oxygen atoms in total. The number of nitro groups is 2. The fourth-order valence-corrected chi connectivity index (χ4v) is 13.0. The van der Waals surface area contributed by atoms with Crippen LogP contribution < -0.4 is 46.5 Å². The van der Waals surface area contributed by atoms with Crippen LogP contribution >= 0.6 is 63.7 Å². The number of aromatic amines is 1. The van der Waals surface area contributed by atoms with E-state index in [2.05, 4.69) is 107 Å². The largest absolute Gasteiger partial charge is 0.498 e. The second-order valence-electron chi connectivity index (χ2n) is 26.6. The minimum Gasteiger partial charge on any atom is -0.497 e. The van der Waals surface area contributed by atoms with Crippen LogP contribution in [0.3, 0.4) is 0 Å². The lowest BCUT2D eigenvalue weighted by Crippen LogP contribution is -2.41. The van der Waals surface area contributed by atoms with Crippen molar-refractivity contribution in [3.8, 4) is 34.1 Å². The highest BCUT2D eigenvalue weighted by Crippen LogP contribution is 2.37. The molecule has 574 valence electrons. The van der Waals surface area contributed by atoms with Gasteiger partial charge in [0, 0.05) is 82.8 Å². The van der Waals surface area contributed by atoms with Gasteiger partial charge in [0.1, 0.15) is 40.3 Å². The summed E-state index contributed by atoms with van der Waals surface area (Å²) in [6.07, 6.45) is 10.9. The Labute approximate surface area is 678 Å². The molecule has 0 unspecified atom stereocenters. The number of aromatic nitrogens is 6. The first kappa shape index (κ1) is 84.4. The van der Waals surface area contributed by atoms with E-state index in [1.165, 1.54) is 29.3 Å². The van der Waals surface area contributed by atoms with Crippen molar-refractivity contribution < 1.29 is 42.9 Å². The van der Waals surface area contributed by atoms with Gasteiger partial charge >= 0.3 is 12.8 Å². The van der Waals surface area contributed by atoms with E-state index in [0.29, 0.717) is 25.9 Å². The molecule has 28 heteroatoms. The number of halogens is 4. The zero-order chi connectivity index (χ0) is 80.1. The van der Waals surface area contributed by atoms with Crippen molar-refractivity contribution in [3.05, 3.63) is 312 Å². The van der Waals surface area contributed by atoms with Crippen molar-refractivity contribution in [1.82, 2.24) is 29.5 Å². The van der Waals surface area contributed by atoms with Gasteiger partial charge in [-0.05, 0) is 221 Å². The van der Waals surface area contributed by atoms with Gasteiger partial charge in [-0.1, -0.05) is 124 Å². The van der Waals surface area contributed by atoms with Crippen molar-refractivity contribution in [2.75, 3.05) is 44.8 Å². The van der Waals surface area contributed by atoms with Crippen molar-refractivity contribution >= 4 is 122 Å². The van der Waals surface area contributed by atoms with Crippen molar-refractivity contribution in [2.45, 2.75) is 97.9 Å². The normalized spacial score (nSPS) is 12.7. The van der Waals surface area contributed by atoms with Crippen LogP contribution in [-0.4, -0.2) is 92.0 Å². The highest BCUT2D eigenvalue weighted by atomic mass is 79.9. The maximum Gasteiger partial charge on any atom is 0.498 e. The van der Waals surface area contributed by atoms with Crippen LogP contribution in [0.1, 0.15) is 78.3 Å². The topological polar surface area (TPSA) is 303 Å². The number of methoxy groups -OCH3 is 4. The molecule has 0 radical (unpaired) electrons. The lowest BCUT2D eigenvalue weighted by atomic mass is 9.81. The number of anilines is 3. The Kier molecular flexibility index (Phi) is 29.9. The molecule has 0 saturated carbocycles. The third kappa shape index (κ3) is 23.7. The number of imidazole rings is 1. The smallest absolute Gasteiger partial charge is 0.497 e. The molecule has 2 aliphatic rings. The van der Waals surface area contributed by atoms with Gasteiger partial charge < -0.3 is 49.6 Å². The predicted octanol–water partition coefficient (Wildman–Crippen LogP) is 17.7. The van der Waals surface area contributed by atoms with Crippen molar-refractivity contribution in [3.63, 3.8) is 0 Å². The molecule has 5 N–H and O–H groups in total. The number of hydrogen-bond donors (Lipinski definition) is 3. The summed E-state index contributed by atoms with van der Waals surface area (Å²) in [5.41, 5.74) is 24.6. The van der Waals surface area contributed by atoms with Crippen LogP contribution in [0.2, 0.25) is 0 Å². The molecule has 1 amide bonds. The number of nitrogens with one attached hydrogen (secondary N) is 1. The van der Waals surface area contributed by atoms with E-state index in [4.69, 9.17) is 39.7 Å². The van der Waals surface area contributed by atoms with Gasteiger partial charge in [-0.2, -0.15) is 0 Å². The van der Waals surface area contributed by atoms with Gasteiger partial charge in [-0.3, -0.25) is 29.6 Å².